The number of aromatic nitrogens is 2. The molecule has 3 N–H and O–H groups in total. The molecule has 1 aromatic heterocycles. The summed E-state index contributed by atoms with van der Waals surface area (Å²) in [5.41, 5.74) is 6.94. The molecule has 5 nitrogen and oxygen atoms in total. The molecule has 0 atom stereocenters. The fourth-order valence-electron chi connectivity index (χ4n) is 1.87. The van der Waals surface area contributed by atoms with Crippen molar-refractivity contribution in [3.05, 3.63) is 23.0 Å². The number of fused-ring (bicyclic) bond motifs is 1. The van der Waals surface area contributed by atoms with Crippen LogP contribution in [0.5, 0.6) is 5.75 Å². The van der Waals surface area contributed by atoms with Crippen molar-refractivity contribution in [2.24, 2.45) is 5.73 Å². The molecule has 0 aliphatic heterocycles. The van der Waals surface area contributed by atoms with Gasteiger partial charge in [0.1, 0.15) is 11.3 Å². The van der Waals surface area contributed by atoms with Crippen LogP contribution < -0.4 is 10.5 Å². The second kappa shape index (κ2) is 5.22. The Hall–Kier alpha value is -1.82. The number of nitrogens with one attached hydrogen (secondary N) is 1. The highest BCUT2D eigenvalue weighted by atomic mass is 32.1. The number of primary amides is 1. The molecule has 1 aromatic carbocycles. The molecule has 96 valence electrons. The number of H-pyrrole nitrogens is 1. The average molecular weight is 265 g/mol. The minimum Gasteiger partial charge on any atom is -0.492 e. The van der Waals surface area contributed by atoms with Crippen LogP contribution in [0, 0.1) is 4.77 Å². The van der Waals surface area contributed by atoms with Crippen molar-refractivity contribution in [1.29, 1.82) is 0 Å². The van der Waals surface area contributed by atoms with Crippen molar-refractivity contribution < 1.29 is 9.53 Å². The Bertz CT molecular complexity index is 630. The molecule has 2 rings (SSSR count). The Morgan fingerprint density at radius 3 is 3.00 bits per heavy atom. The van der Waals surface area contributed by atoms with E-state index >= 15 is 0 Å². The molecule has 18 heavy (non-hydrogen) atoms. The van der Waals surface area contributed by atoms with E-state index < -0.39 is 0 Å². The Morgan fingerprint density at radius 2 is 2.33 bits per heavy atom. The molecule has 0 fully saturated rings. The molecule has 0 aliphatic carbocycles. The zero-order chi connectivity index (χ0) is 13.1. The second-order valence-electron chi connectivity index (χ2n) is 3.88. The first-order valence-corrected chi connectivity index (χ1v) is 6.17. The highest BCUT2D eigenvalue weighted by Gasteiger charge is 2.09. The van der Waals surface area contributed by atoms with Crippen LogP contribution in [0.15, 0.2) is 18.2 Å². The third-order valence-electron chi connectivity index (χ3n) is 2.65. The number of imidazole rings is 1. The largest absolute Gasteiger partial charge is 0.492 e. The fraction of sp³-hybridized carbons (Fsp3) is 0.333. The summed E-state index contributed by atoms with van der Waals surface area (Å²) < 4.78 is 7.96. The van der Waals surface area contributed by atoms with Crippen molar-refractivity contribution in [2.75, 3.05) is 6.61 Å². The van der Waals surface area contributed by atoms with Gasteiger partial charge in [-0.15, -0.1) is 0 Å². The van der Waals surface area contributed by atoms with E-state index in [1.807, 2.05) is 29.7 Å². The maximum absolute atomic E-state index is 10.9. The predicted octanol–water partition coefficient (Wildman–Crippen LogP) is 1.97. The molecule has 0 saturated carbocycles. The molecular formula is C12H15N3O2S. The van der Waals surface area contributed by atoms with Crippen LogP contribution in [-0.2, 0) is 11.3 Å². The topological polar surface area (TPSA) is 73.0 Å². The molecule has 0 unspecified atom stereocenters. The zero-order valence-electron chi connectivity index (χ0n) is 10.1. The number of para-hydroxylation sites is 1. The summed E-state index contributed by atoms with van der Waals surface area (Å²) in [5, 5.41) is 0. The van der Waals surface area contributed by atoms with E-state index in [1.165, 1.54) is 0 Å². The van der Waals surface area contributed by atoms with Gasteiger partial charge in [-0.1, -0.05) is 6.07 Å². The van der Waals surface area contributed by atoms with Gasteiger partial charge in [-0.2, -0.15) is 0 Å². The number of hydrogen-bond donors (Lipinski definition) is 2. The van der Waals surface area contributed by atoms with E-state index in [-0.39, 0.29) is 12.3 Å². The Kier molecular flexibility index (Phi) is 3.66. The molecular weight excluding hydrogens is 250 g/mol. The number of carbonyl (C=O) groups excluding carboxylic acids is 1. The molecule has 0 aliphatic rings. The number of hydrogen-bond acceptors (Lipinski definition) is 3. The van der Waals surface area contributed by atoms with Crippen molar-refractivity contribution in [2.45, 2.75) is 19.9 Å². The molecule has 1 amide bonds. The molecule has 0 bridgehead atoms. The van der Waals surface area contributed by atoms with Crippen molar-refractivity contribution in [3.8, 4) is 5.75 Å². The summed E-state index contributed by atoms with van der Waals surface area (Å²) in [7, 11) is 0. The smallest absolute Gasteiger partial charge is 0.219 e. The monoisotopic (exact) mass is 265 g/mol. The van der Waals surface area contributed by atoms with E-state index in [4.69, 9.17) is 22.7 Å². The van der Waals surface area contributed by atoms with Crippen molar-refractivity contribution in [3.63, 3.8) is 0 Å². The van der Waals surface area contributed by atoms with Crippen LogP contribution in [0.1, 0.15) is 13.3 Å². The predicted molar refractivity (Wildman–Crippen MR) is 72.1 cm³/mol. The molecule has 6 heteroatoms. The highest BCUT2D eigenvalue weighted by Crippen LogP contribution is 2.25. The van der Waals surface area contributed by atoms with Crippen molar-refractivity contribution >= 4 is 29.2 Å². The first kappa shape index (κ1) is 12.6. The quantitative estimate of drug-likeness (QED) is 0.812. The van der Waals surface area contributed by atoms with Crippen LogP contribution in [-0.4, -0.2) is 22.1 Å². The molecule has 2 aromatic rings. The van der Waals surface area contributed by atoms with Gasteiger partial charge < -0.3 is 20.0 Å². The van der Waals surface area contributed by atoms with Gasteiger partial charge in [0.15, 0.2) is 4.77 Å². The lowest BCUT2D eigenvalue weighted by Crippen LogP contribution is -2.13. The number of nitrogens with two attached hydrogens (primary N) is 1. The van der Waals surface area contributed by atoms with E-state index in [0.717, 1.165) is 16.8 Å². The average Bonchev–Trinajstić information content (AvgIpc) is 2.64. The van der Waals surface area contributed by atoms with Crippen LogP contribution >= 0.6 is 12.2 Å². The third kappa shape index (κ3) is 2.38. The summed E-state index contributed by atoms with van der Waals surface area (Å²) >= 11 is 5.25. The summed E-state index contributed by atoms with van der Waals surface area (Å²) in [6.45, 7) is 2.99. The van der Waals surface area contributed by atoms with Crippen LogP contribution in [0.3, 0.4) is 0 Å². The molecule has 0 saturated heterocycles. The standard InChI is InChI=1S/C12H15N3O2S/c1-2-17-9-5-3-4-8-11(9)14-12(18)15(8)7-6-10(13)16/h3-5H,2,6-7H2,1H3,(H2,13,16)(H,14,18). The lowest BCUT2D eigenvalue weighted by Gasteiger charge is -2.05. The highest BCUT2D eigenvalue weighted by molar-refractivity contribution is 7.71. The van der Waals surface area contributed by atoms with Gasteiger partial charge in [-0.25, -0.2) is 0 Å². The number of amides is 1. The number of aryl methyl sites for hydroxylation is 1. The minimum absolute atomic E-state index is 0.264. The normalized spacial score (nSPS) is 10.7. The van der Waals surface area contributed by atoms with Gasteiger partial charge in [0, 0.05) is 13.0 Å². The number of ether oxygens (including phenoxy) is 1. The van der Waals surface area contributed by atoms with Gasteiger partial charge in [0.25, 0.3) is 0 Å². The Labute approximate surface area is 110 Å². The summed E-state index contributed by atoms with van der Waals surface area (Å²) in [6.07, 6.45) is 0.264. The van der Waals surface area contributed by atoms with E-state index in [0.29, 0.717) is 17.9 Å². The summed E-state index contributed by atoms with van der Waals surface area (Å²) in [4.78, 5) is 14.0. The zero-order valence-corrected chi connectivity index (χ0v) is 10.9. The first-order valence-electron chi connectivity index (χ1n) is 5.76. The summed E-state index contributed by atoms with van der Waals surface area (Å²) in [5.74, 6) is 0.422. The maximum atomic E-state index is 10.9. The van der Waals surface area contributed by atoms with E-state index in [9.17, 15) is 4.79 Å². The Balaban J connectivity index is 2.48. The molecule has 1 heterocycles. The fourth-order valence-corrected chi connectivity index (χ4v) is 2.17. The third-order valence-corrected chi connectivity index (χ3v) is 2.98. The van der Waals surface area contributed by atoms with Gasteiger partial charge in [0.05, 0.1) is 12.1 Å². The minimum atomic E-state index is -0.341. The maximum Gasteiger partial charge on any atom is 0.219 e. The first-order chi connectivity index (χ1) is 8.63. The summed E-state index contributed by atoms with van der Waals surface area (Å²) in [6, 6.07) is 5.72. The molecule has 0 radical (unpaired) electrons. The number of benzene rings is 1. The second-order valence-corrected chi connectivity index (χ2v) is 4.27. The van der Waals surface area contributed by atoms with Gasteiger partial charge in [-0.3, -0.25) is 4.79 Å². The number of aromatic amines is 1. The number of rotatable bonds is 5. The number of carbonyl (C=O) groups is 1. The lowest BCUT2D eigenvalue weighted by atomic mass is 10.3. The van der Waals surface area contributed by atoms with Gasteiger partial charge in [-0.05, 0) is 31.3 Å². The number of nitrogens with zero attached hydrogens (tertiary/aromatic N) is 1. The SMILES string of the molecule is CCOc1cccc2c1[nH]c(=S)n2CCC(N)=O. The van der Waals surface area contributed by atoms with Crippen LogP contribution in [0.2, 0.25) is 0 Å². The van der Waals surface area contributed by atoms with E-state index in [2.05, 4.69) is 4.98 Å². The Morgan fingerprint density at radius 1 is 1.56 bits per heavy atom. The van der Waals surface area contributed by atoms with Crippen LogP contribution in [0.25, 0.3) is 11.0 Å². The van der Waals surface area contributed by atoms with Crippen LogP contribution in [0.4, 0.5) is 0 Å². The van der Waals surface area contributed by atoms with Gasteiger partial charge >= 0.3 is 0 Å². The van der Waals surface area contributed by atoms with E-state index in [1.54, 1.807) is 0 Å². The molecule has 0 spiro atoms. The van der Waals surface area contributed by atoms with Crippen molar-refractivity contribution in [1.82, 2.24) is 9.55 Å². The lowest BCUT2D eigenvalue weighted by molar-refractivity contribution is -0.118. The van der Waals surface area contributed by atoms with Gasteiger partial charge in [0.2, 0.25) is 5.91 Å².